The van der Waals surface area contributed by atoms with Gasteiger partial charge in [0.15, 0.2) is 0 Å². The van der Waals surface area contributed by atoms with Gasteiger partial charge in [0.2, 0.25) is 0 Å². The Morgan fingerprint density at radius 2 is 2.00 bits per heavy atom. The Morgan fingerprint density at radius 3 is 2.81 bits per heavy atom. The first kappa shape index (κ1) is 13.4. The Kier molecular flexibility index (Phi) is 3.73. The van der Waals surface area contributed by atoms with E-state index in [1.165, 1.54) is 12.1 Å². The fraction of sp³-hybridized carbons (Fsp3) is 0.188. The first-order valence-corrected chi connectivity index (χ1v) is 6.76. The highest BCUT2D eigenvalue weighted by molar-refractivity contribution is 5.89. The minimum atomic E-state index is -0.293. The van der Waals surface area contributed by atoms with Crippen molar-refractivity contribution in [3.05, 3.63) is 59.4 Å². The van der Waals surface area contributed by atoms with Crippen molar-refractivity contribution in [1.82, 2.24) is 5.32 Å². The molecular weight excluding hydrogens is 271 g/mol. The number of halogens is 1. The van der Waals surface area contributed by atoms with Gasteiger partial charge < -0.3 is 15.4 Å². The van der Waals surface area contributed by atoms with Crippen LogP contribution in [-0.2, 0) is 13.0 Å². The van der Waals surface area contributed by atoms with Gasteiger partial charge in [0.25, 0.3) is 0 Å². The van der Waals surface area contributed by atoms with E-state index in [4.69, 9.17) is 4.74 Å². The van der Waals surface area contributed by atoms with Crippen LogP contribution in [0.5, 0.6) is 5.75 Å². The standard InChI is InChI=1S/C16H15FN2O2/c17-13-3-1-11(2-4-13)10-18-16(20)19-14-5-6-15-12(9-14)7-8-21-15/h1-6,9H,7-8,10H2,(H2,18,19,20). The van der Waals surface area contributed by atoms with E-state index < -0.39 is 0 Å². The number of amides is 2. The molecule has 21 heavy (non-hydrogen) atoms. The Balaban J connectivity index is 1.55. The molecule has 0 fully saturated rings. The van der Waals surface area contributed by atoms with Gasteiger partial charge in [-0.2, -0.15) is 0 Å². The summed E-state index contributed by atoms with van der Waals surface area (Å²) in [7, 11) is 0. The maximum absolute atomic E-state index is 12.8. The molecular formula is C16H15FN2O2. The first-order chi connectivity index (χ1) is 10.2. The molecule has 5 heteroatoms. The van der Waals surface area contributed by atoms with E-state index >= 15 is 0 Å². The summed E-state index contributed by atoms with van der Waals surface area (Å²) >= 11 is 0. The molecule has 2 N–H and O–H groups in total. The average molecular weight is 286 g/mol. The van der Waals surface area contributed by atoms with Crippen molar-refractivity contribution in [2.75, 3.05) is 11.9 Å². The molecule has 4 nitrogen and oxygen atoms in total. The highest BCUT2D eigenvalue weighted by Crippen LogP contribution is 2.27. The topological polar surface area (TPSA) is 50.4 Å². The third-order valence-corrected chi connectivity index (χ3v) is 3.31. The molecule has 0 atom stereocenters. The summed E-state index contributed by atoms with van der Waals surface area (Å²) in [6, 6.07) is 11.3. The lowest BCUT2D eigenvalue weighted by Gasteiger charge is -2.09. The quantitative estimate of drug-likeness (QED) is 0.911. The van der Waals surface area contributed by atoms with Crippen molar-refractivity contribution >= 4 is 11.7 Å². The van der Waals surface area contributed by atoms with E-state index in [1.54, 1.807) is 12.1 Å². The predicted octanol–water partition coefficient (Wildman–Crippen LogP) is 3.08. The third-order valence-electron chi connectivity index (χ3n) is 3.31. The highest BCUT2D eigenvalue weighted by atomic mass is 19.1. The van der Waals surface area contributed by atoms with E-state index in [1.807, 2.05) is 18.2 Å². The fourth-order valence-electron chi connectivity index (χ4n) is 2.22. The zero-order chi connectivity index (χ0) is 14.7. The second-order valence-electron chi connectivity index (χ2n) is 4.86. The van der Waals surface area contributed by atoms with Gasteiger partial charge in [0.05, 0.1) is 6.61 Å². The van der Waals surface area contributed by atoms with Gasteiger partial charge in [-0.05, 0) is 41.5 Å². The number of carbonyl (C=O) groups is 1. The van der Waals surface area contributed by atoms with E-state index in [9.17, 15) is 9.18 Å². The number of urea groups is 1. The van der Waals surface area contributed by atoms with Crippen molar-refractivity contribution in [2.24, 2.45) is 0 Å². The zero-order valence-corrected chi connectivity index (χ0v) is 11.4. The molecule has 1 heterocycles. The lowest BCUT2D eigenvalue weighted by molar-refractivity contribution is 0.251. The molecule has 1 aliphatic rings. The summed E-state index contributed by atoms with van der Waals surface area (Å²) in [4.78, 5) is 11.8. The molecule has 1 aliphatic heterocycles. The molecule has 2 aromatic carbocycles. The number of ether oxygens (including phenoxy) is 1. The van der Waals surface area contributed by atoms with Gasteiger partial charge >= 0.3 is 6.03 Å². The van der Waals surface area contributed by atoms with Crippen LogP contribution in [-0.4, -0.2) is 12.6 Å². The van der Waals surface area contributed by atoms with E-state index in [2.05, 4.69) is 10.6 Å². The summed E-state index contributed by atoms with van der Waals surface area (Å²) in [5.74, 6) is 0.593. The van der Waals surface area contributed by atoms with Gasteiger partial charge in [-0.1, -0.05) is 12.1 Å². The Bertz CT molecular complexity index is 656. The fourth-order valence-corrected chi connectivity index (χ4v) is 2.22. The van der Waals surface area contributed by atoms with Crippen molar-refractivity contribution in [3.8, 4) is 5.75 Å². The van der Waals surface area contributed by atoms with Gasteiger partial charge in [-0.3, -0.25) is 0 Å². The lowest BCUT2D eigenvalue weighted by atomic mass is 10.1. The van der Waals surface area contributed by atoms with Crippen LogP contribution >= 0.6 is 0 Å². The average Bonchev–Trinajstić information content (AvgIpc) is 2.94. The molecule has 2 amide bonds. The molecule has 3 rings (SSSR count). The number of hydrogen-bond donors (Lipinski definition) is 2. The van der Waals surface area contributed by atoms with Gasteiger partial charge in [0.1, 0.15) is 11.6 Å². The predicted molar refractivity (Wildman–Crippen MR) is 77.9 cm³/mol. The molecule has 0 radical (unpaired) electrons. The molecule has 0 saturated heterocycles. The van der Waals surface area contributed by atoms with Crippen LogP contribution in [0.1, 0.15) is 11.1 Å². The Labute approximate surface area is 121 Å². The summed E-state index contributed by atoms with van der Waals surface area (Å²) in [5, 5.41) is 5.50. The number of carbonyl (C=O) groups excluding carboxylic acids is 1. The molecule has 0 saturated carbocycles. The number of rotatable bonds is 3. The van der Waals surface area contributed by atoms with Crippen molar-refractivity contribution in [1.29, 1.82) is 0 Å². The number of anilines is 1. The summed E-state index contributed by atoms with van der Waals surface area (Å²) in [5.41, 5.74) is 2.68. The minimum absolute atomic E-state index is 0.288. The summed E-state index contributed by atoms with van der Waals surface area (Å²) in [6.45, 7) is 1.04. The van der Waals surface area contributed by atoms with Crippen LogP contribution in [0.25, 0.3) is 0 Å². The Morgan fingerprint density at radius 1 is 1.19 bits per heavy atom. The second kappa shape index (κ2) is 5.83. The van der Waals surface area contributed by atoms with Gasteiger partial charge in [-0.15, -0.1) is 0 Å². The van der Waals surface area contributed by atoms with Crippen LogP contribution in [0.3, 0.4) is 0 Å². The molecule has 0 aliphatic carbocycles. The largest absolute Gasteiger partial charge is 0.493 e. The SMILES string of the molecule is O=C(NCc1ccc(F)cc1)Nc1ccc2c(c1)CCO2. The zero-order valence-electron chi connectivity index (χ0n) is 11.4. The van der Waals surface area contributed by atoms with Crippen LogP contribution in [0, 0.1) is 5.82 Å². The Hall–Kier alpha value is -2.56. The lowest BCUT2D eigenvalue weighted by Crippen LogP contribution is -2.28. The highest BCUT2D eigenvalue weighted by Gasteiger charge is 2.12. The smallest absolute Gasteiger partial charge is 0.319 e. The van der Waals surface area contributed by atoms with Gasteiger partial charge in [0, 0.05) is 18.7 Å². The van der Waals surface area contributed by atoms with E-state index in [0.717, 1.165) is 29.0 Å². The molecule has 108 valence electrons. The van der Waals surface area contributed by atoms with Crippen LogP contribution in [0.15, 0.2) is 42.5 Å². The summed E-state index contributed by atoms with van der Waals surface area (Å²) < 4.78 is 18.2. The van der Waals surface area contributed by atoms with Crippen LogP contribution in [0.2, 0.25) is 0 Å². The maximum atomic E-state index is 12.8. The number of benzene rings is 2. The van der Waals surface area contributed by atoms with E-state index in [0.29, 0.717) is 13.2 Å². The molecule has 0 unspecified atom stereocenters. The number of fused-ring (bicyclic) bond motifs is 1. The summed E-state index contributed by atoms with van der Waals surface area (Å²) in [6.07, 6.45) is 0.863. The van der Waals surface area contributed by atoms with Crippen LogP contribution in [0.4, 0.5) is 14.9 Å². The number of nitrogens with one attached hydrogen (secondary N) is 2. The van der Waals surface area contributed by atoms with Crippen molar-refractivity contribution < 1.29 is 13.9 Å². The number of hydrogen-bond acceptors (Lipinski definition) is 2. The second-order valence-corrected chi connectivity index (χ2v) is 4.86. The van der Waals surface area contributed by atoms with E-state index in [-0.39, 0.29) is 11.8 Å². The monoisotopic (exact) mass is 286 g/mol. The first-order valence-electron chi connectivity index (χ1n) is 6.76. The minimum Gasteiger partial charge on any atom is -0.493 e. The van der Waals surface area contributed by atoms with Crippen molar-refractivity contribution in [3.63, 3.8) is 0 Å². The molecule has 0 spiro atoms. The third kappa shape index (κ3) is 3.31. The maximum Gasteiger partial charge on any atom is 0.319 e. The van der Waals surface area contributed by atoms with Crippen molar-refractivity contribution in [2.45, 2.75) is 13.0 Å². The molecule has 0 aromatic heterocycles. The van der Waals surface area contributed by atoms with Crippen LogP contribution < -0.4 is 15.4 Å². The normalized spacial score (nSPS) is 12.4. The van der Waals surface area contributed by atoms with Gasteiger partial charge in [-0.25, -0.2) is 9.18 Å². The molecule has 2 aromatic rings. The molecule has 0 bridgehead atoms.